The molecule has 3 rings (SSSR count). The van der Waals surface area contributed by atoms with Gasteiger partial charge in [-0.2, -0.15) is 4.99 Å². The van der Waals surface area contributed by atoms with Gasteiger partial charge >= 0.3 is 0 Å². The lowest BCUT2D eigenvalue weighted by atomic mass is 9.72. The molecule has 0 unspecified atom stereocenters. The highest BCUT2D eigenvalue weighted by atomic mass is 16.5. The van der Waals surface area contributed by atoms with Crippen LogP contribution >= 0.6 is 0 Å². The molecule has 1 aliphatic carbocycles. The average molecular weight is 316 g/mol. The molecule has 0 radical (unpaired) electrons. The van der Waals surface area contributed by atoms with E-state index in [1.165, 1.54) is 0 Å². The maximum Gasteiger partial charge on any atom is 0.235 e. The van der Waals surface area contributed by atoms with Crippen LogP contribution in [0.2, 0.25) is 0 Å². The fourth-order valence-electron chi connectivity index (χ4n) is 3.40. The average Bonchev–Trinajstić information content (AvgIpc) is 2.53. The van der Waals surface area contributed by atoms with E-state index in [0.29, 0.717) is 0 Å². The lowest BCUT2D eigenvalue weighted by Gasteiger charge is -2.37. The topological polar surface area (TPSA) is 51.1 Å². The minimum Gasteiger partial charge on any atom is -0.493 e. The van der Waals surface area contributed by atoms with Crippen LogP contribution in [0.25, 0.3) is 0 Å². The summed E-state index contributed by atoms with van der Waals surface area (Å²) in [5.41, 5.74) is 0.620. The quantitative estimate of drug-likeness (QED) is 0.619. The molecular weight excluding hydrogens is 292 g/mol. The predicted octanol–water partition coefficient (Wildman–Crippen LogP) is 2.88. The van der Waals surface area contributed by atoms with Gasteiger partial charge in [0.1, 0.15) is 6.10 Å². The van der Waals surface area contributed by atoms with Gasteiger partial charge in [0.05, 0.1) is 12.6 Å². The van der Waals surface area contributed by atoms with Gasteiger partial charge in [-0.1, -0.05) is 6.07 Å². The van der Waals surface area contributed by atoms with E-state index in [1.54, 1.807) is 13.2 Å². The molecule has 5 nitrogen and oxygen atoms in total. The molecule has 1 saturated carbocycles. The molecule has 2 fully saturated rings. The minimum atomic E-state index is -0.404. The van der Waals surface area contributed by atoms with Gasteiger partial charge in [0.15, 0.2) is 11.5 Å². The van der Waals surface area contributed by atoms with E-state index >= 15 is 0 Å². The number of ether oxygens (including phenoxy) is 2. The van der Waals surface area contributed by atoms with Gasteiger partial charge in [0, 0.05) is 13.1 Å². The van der Waals surface area contributed by atoms with Gasteiger partial charge in [-0.15, -0.1) is 0 Å². The van der Waals surface area contributed by atoms with Crippen LogP contribution in [0.4, 0.5) is 0 Å². The molecule has 23 heavy (non-hydrogen) atoms. The number of likely N-dealkylation sites (tertiary alicyclic amines) is 1. The first-order valence-electron chi connectivity index (χ1n) is 8.29. The Morgan fingerprint density at radius 3 is 2.57 bits per heavy atom. The monoisotopic (exact) mass is 316 g/mol. The number of carbonyl (C=O) groups excluding carboxylic acids is 1. The summed E-state index contributed by atoms with van der Waals surface area (Å²) in [6, 6.07) is 5.90. The van der Waals surface area contributed by atoms with Crippen molar-refractivity contribution in [2.75, 3.05) is 27.2 Å². The second kappa shape index (κ2) is 6.73. The van der Waals surface area contributed by atoms with Crippen LogP contribution in [-0.4, -0.2) is 44.3 Å². The fraction of sp³-hybridized carbons (Fsp3) is 0.611. The Labute approximate surface area is 137 Å². The van der Waals surface area contributed by atoms with Crippen molar-refractivity contribution in [1.29, 1.82) is 0 Å². The highest BCUT2D eigenvalue weighted by molar-refractivity contribution is 5.47. The molecule has 5 heteroatoms. The molecule has 1 aliphatic heterocycles. The third-order valence-corrected chi connectivity index (χ3v) is 5.10. The standard InChI is InChI=1S/C18H24N2O3/c1-20-10-6-15(7-11-20)23-17-12-14(4-5-16(17)22-2)18(19-13-21)8-3-9-18/h4-5,12,15H,3,6-11H2,1-2H3. The molecule has 0 N–H and O–H groups in total. The molecule has 0 spiro atoms. The van der Waals surface area contributed by atoms with Crippen molar-refractivity contribution in [2.24, 2.45) is 4.99 Å². The van der Waals surface area contributed by atoms with Crippen molar-refractivity contribution in [2.45, 2.75) is 43.7 Å². The maximum atomic E-state index is 10.8. The Kier molecular flexibility index (Phi) is 4.69. The summed E-state index contributed by atoms with van der Waals surface area (Å²) in [7, 11) is 3.79. The number of rotatable bonds is 5. The number of isocyanates is 1. The van der Waals surface area contributed by atoms with E-state index < -0.39 is 5.54 Å². The molecule has 1 aromatic rings. The smallest absolute Gasteiger partial charge is 0.235 e. The van der Waals surface area contributed by atoms with Crippen LogP contribution in [0.15, 0.2) is 23.2 Å². The van der Waals surface area contributed by atoms with Crippen LogP contribution < -0.4 is 9.47 Å². The highest BCUT2D eigenvalue weighted by Gasteiger charge is 2.39. The van der Waals surface area contributed by atoms with Gasteiger partial charge in [0.25, 0.3) is 0 Å². The van der Waals surface area contributed by atoms with Crippen molar-refractivity contribution in [1.82, 2.24) is 4.90 Å². The number of hydrogen-bond donors (Lipinski definition) is 0. The third-order valence-electron chi connectivity index (χ3n) is 5.10. The zero-order chi connectivity index (χ0) is 16.3. The zero-order valence-electron chi connectivity index (χ0n) is 13.9. The Balaban J connectivity index is 1.83. The Hall–Kier alpha value is -1.84. The molecule has 1 heterocycles. The summed E-state index contributed by atoms with van der Waals surface area (Å²) in [5.74, 6) is 1.49. The second-order valence-corrected chi connectivity index (χ2v) is 6.57. The van der Waals surface area contributed by atoms with E-state index in [0.717, 1.165) is 62.3 Å². The second-order valence-electron chi connectivity index (χ2n) is 6.57. The SMILES string of the molecule is COc1ccc(C2(N=C=O)CCC2)cc1OC1CCN(C)CC1. The Morgan fingerprint density at radius 2 is 2.00 bits per heavy atom. The van der Waals surface area contributed by atoms with Crippen molar-refractivity contribution in [3.8, 4) is 11.5 Å². The highest BCUT2D eigenvalue weighted by Crippen LogP contribution is 2.46. The van der Waals surface area contributed by atoms with Crippen LogP contribution in [0.3, 0.4) is 0 Å². The number of benzene rings is 1. The Morgan fingerprint density at radius 1 is 1.26 bits per heavy atom. The lowest BCUT2D eigenvalue weighted by Crippen LogP contribution is -2.36. The molecule has 0 bridgehead atoms. The van der Waals surface area contributed by atoms with Gasteiger partial charge in [0.2, 0.25) is 6.08 Å². The number of piperidine rings is 1. The summed E-state index contributed by atoms with van der Waals surface area (Å²) in [4.78, 5) is 17.2. The molecule has 124 valence electrons. The van der Waals surface area contributed by atoms with E-state index in [2.05, 4.69) is 16.9 Å². The van der Waals surface area contributed by atoms with E-state index in [1.807, 2.05) is 18.2 Å². The molecule has 0 aromatic heterocycles. The van der Waals surface area contributed by atoms with Gasteiger partial charge in [-0.3, -0.25) is 0 Å². The third kappa shape index (κ3) is 3.26. The summed E-state index contributed by atoms with van der Waals surface area (Å²) in [6.45, 7) is 2.10. The number of aliphatic imine (C=N–C) groups is 1. The minimum absolute atomic E-state index is 0.210. The van der Waals surface area contributed by atoms with Gasteiger partial charge in [-0.05, 0) is 56.8 Å². The lowest BCUT2D eigenvalue weighted by molar-refractivity contribution is 0.110. The van der Waals surface area contributed by atoms with Crippen LogP contribution in [-0.2, 0) is 10.3 Å². The molecule has 0 amide bonds. The van der Waals surface area contributed by atoms with Crippen LogP contribution in [0.1, 0.15) is 37.7 Å². The molecule has 2 aliphatic rings. The fourth-order valence-corrected chi connectivity index (χ4v) is 3.40. The number of nitrogens with zero attached hydrogens (tertiary/aromatic N) is 2. The van der Waals surface area contributed by atoms with Crippen LogP contribution in [0, 0.1) is 0 Å². The largest absolute Gasteiger partial charge is 0.493 e. The van der Waals surface area contributed by atoms with Crippen LogP contribution in [0.5, 0.6) is 11.5 Å². The van der Waals surface area contributed by atoms with Gasteiger partial charge in [-0.25, -0.2) is 4.79 Å². The van der Waals surface area contributed by atoms with E-state index in [-0.39, 0.29) is 6.10 Å². The summed E-state index contributed by atoms with van der Waals surface area (Å²) < 4.78 is 11.7. The van der Waals surface area contributed by atoms with Crippen molar-refractivity contribution >= 4 is 6.08 Å². The first-order chi connectivity index (χ1) is 11.2. The summed E-state index contributed by atoms with van der Waals surface area (Å²) in [6.07, 6.45) is 6.85. The first kappa shape index (κ1) is 16.0. The first-order valence-corrected chi connectivity index (χ1v) is 8.29. The number of methoxy groups -OCH3 is 1. The molecule has 0 atom stereocenters. The predicted molar refractivity (Wildman–Crippen MR) is 87.8 cm³/mol. The number of hydrogen-bond acceptors (Lipinski definition) is 5. The van der Waals surface area contributed by atoms with Crippen molar-refractivity contribution < 1.29 is 14.3 Å². The normalized spacial score (nSPS) is 21.1. The van der Waals surface area contributed by atoms with Gasteiger partial charge < -0.3 is 14.4 Å². The van der Waals surface area contributed by atoms with Crippen molar-refractivity contribution in [3.05, 3.63) is 23.8 Å². The zero-order valence-corrected chi connectivity index (χ0v) is 13.9. The molecule has 1 saturated heterocycles. The molecular formula is C18H24N2O3. The van der Waals surface area contributed by atoms with E-state index in [4.69, 9.17) is 9.47 Å². The maximum absolute atomic E-state index is 10.8. The molecule has 1 aromatic carbocycles. The summed E-state index contributed by atoms with van der Waals surface area (Å²) in [5, 5.41) is 0. The van der Waals surface area contributed by atoms with E-state index in [9.17, 15) is 4.79 Å². The summed E-state index contributed by atoms with van der Waals surface area (Å²) >= 11 is 0. The van der Waals surface area contributed by atoms with Crippen molar-refractivity contribution in [3.63, 3.8) is 0 Å². The Bertz CT molecular complexity index is 598.